The van der Waals surface area contributed by atoms with Crippen LogP contribution in [-0.4, -0.2) is 22.6 Å². The molecule has 0 fully saturated rings. The van der Waals surface area contributed by atoms with Crippen LogP contribution in [0.25, 0.3) is 0 Å². The van der Waals surface area contributed by atoms with Crippen molar-refractivity contribution in [2.24, 2.45) is 5.92 Å². The Balaban J connectivity index is 1.79. The lowest BCUT2D eigenvalue weighted by Gasteiger charge is -2.32. The molecule has 1 aromatic heterocycles. The van der Waals surface area contributed by atoms with Gasteiger partial charge in [0.1, 0.15) is 5.75 Å². The summed E-state index contributed by atoms with van der Waals surface area (Å²) in [5.74, 6) is 1.50. The maximum Gasteiger partial charge on any atom is 0.118 e. The number of hydrogen-bond donors (Lipinski definition) is 0. The van der Waals surface area contributed by atoms with Crippen molar-refractivity contribution in [3.63, 3.8) is 0 Å². The summed E-state index contributed by atoms with van der Waals surface area (Å²) >= 11 is 0. The van der Waals surface area contributed by atoms with Crippen LogP contribution in [0.3, 0.4) is 0 Å². The fourth-order valence-corrected chi connectivity index (χ4v) is 3.66. The number of ether oxygens (including phenoxy) is 1. The Labute approximate surface area is 175 Å². The fourth-order valence-electron chi connectivity index (χ4n) is 3.66. The summed E-state index contributed by atoms with van der Waals surface area (Å²) in [7, 11) is 1.71. The van der Waals surface area contributed by atoms with E-state index in [9.17, 15) is 0 Å². The van der Waals surface area contributed by atoms with Crippen LogP contribution in [0.1, 0.15) is 43.2 Å². The predicted molar refractivity (Wildman–Crippen MR) is 121 cm³/mol. The topological polar surface area (TPSA) is 17.4 Å². The van der Waals surface area contributed by atoms with Crippen molar-refractivity contribution in [2.75, 3.05) is 7.11 Å². The first-order valence-electron chi connectivity index (χ1n) is 10.5. The summed E-state index contributed by atoms with van der Waals surface area (Å²) in [6, 6.07) is 22.0. The van der Waals surface area contributed by atoms with Gasteiger partial charge >= 0.3 is 0 Å². The highest BCUT2D eigenvalue weighted by Gasteiger charge is 2.19. The number of benzene rings is 2. The van der Waals surface area contributed by atoms with Crippen molar-refractivity contribution in [2.45, 2.75) is 53.4 Å². The second-order valence-electron chi connectivity index (χ2n) is 8.29. The van der Waals surface area contributed by atoms with Crippen LogP contribution >= 0.6 is 0 Å². The van der Waals surface area contributed by atoms with Crippen molar-refractivity contribution >= 4 is 0 Å². The first-order chi connectivity index (χ1) is 14.0. The van der Waals surface area contributed by atoms with Crippen LogP contribution in [0, 0.1) is 12.8 Å². The van der Waals surface area contributed by atoms with Gasteiger partial charge in [-0.05, 0) is 60.7 Å². The van der Waals surface area contributed by atoms with E-state index in [1.165, 1.54) is 22.4 Å². The zero-order chi connectivity index (χ0) is 20.8. The Hall–Kier alpha value is -2.52. The quantitative estimate of drug-likeness (QED) is 0.452. The molecule has 1 atom stereocenters. The number of methoxy groups -OCH3 is 1. The van der Waals surface area contributed by atoms with Crippen molar-refractivity contribution < 1.29 is 4.74 Å². The van der Waals surface area contributed by atoms with Gasteiger partial charge in [0.25, 0.3) is 0 Å². The van der Waals surface area contributed by atoms with E-state index in [0.717, 1.165) is 25.4 Å². The highest BCUT2D eigenvalue weighted by molar-refractivity contribution is 5.28. The largest absolute Gasteiger partial charge is 0.497 e. The Morgan fingerprint density at radius 2 is 1.62 bits per heavy atom. The minimum Gasteiger partial charge on any atom is -0.497 e. The molecule has 0 amide bonds. The van der Waals surface area contributed by atoms with Crippen LogP contribution in [0.15, 0.2) is 66.9 Å². The Kier molecular flexibility index (Phi) is 7.16. The summed E-state index contributed by atoms with van der Waals surface area (Å²) in [4.78, 5) is 2.58. The van der Waals surface area contributed by atoms with Gasteiger partial charge in [0.05, 0.1) is 7.11 Å². The number of aryl methyl sites for hydroxylation is 1. The van der Waals surface area contributed by atoms with Gasteiger partial charge in [0.2, 0.25) is 0 Å². The lowest BCUT2D eigenvalue weighted by molar-refractivity contribution is 0.148. The molecule has 0 aliphatic carbocycles. The summed E-state index contributed by atoms with van der Waals surface area (Å²) in [6.07, 6.45) is 2.20. The number of hydrogen-bond acceptors (Lipinski definition) is 2. The van der Waals surface area contributed by atoms with Gasteiger partial charge in [-0.2, -0.15) is 0 Å². The second kappa shape index (κ2) is 9.80. The molecule has 0 aliphatic heterocycles. The normalized spacial score (nSPS) is 12.5. The molecule has 3 aromatic rings. The molecular weight excluding hydrogens is 356 g/mol. The third-order valence-corrected chi connectivity index (χ3v) is 5.98. The average Bonchev–Trinajstić information content (AvgIpc) is 3.15. The molecule has 1 heterocycles. The molecule has 29 heavy (non-hydrogen) atoms. The smallest absolute Gasteiger partial charge is 0.118 e. The lowest BCUT2D eigenvalue weighted by Crippen LogP contribution is -2.36. The van der Waals surface area contributed by atoms with Gasteiger partial charge in [0, 0.05) is 37.6 Å². The van der Waals surface area contributed by atoms with Crippen molar-refractivity contribution in [1.29, 1.82) is 0 Å². The van der Waals surface area contributed by atoms with E-state index < -0.39 is 0 Å². The van der Waals surface area contributed by atoms with Crippen LogP contribution in [-0.2, 0) is 19.6 Å². The average molecular weight is 391 g/mol. The summed E-state index contributed by atoms with van der Waals surface area (Å²) in [5, 5.41) is 0. The minimum atomic E-state index is 0.485. The predicted octanol–water partition coefficient (Wildman–Crippen LogP) is 5.90. The molecular formula is C26H34N2O. The third-order valence-electron chi connectivity index (χ3n) is 5.98. The minimum absolute atomic E-state index is 0.485. The van der Waals surface area contributed by atoms with Gasteiger partial charge in [0.15, 0.2) is 0 Å². The summed E-state index contributed by atoms with van der Waals surface area (Å²) < 4.78 is 7.70. The summed E-state index contributed by atoms with van der Waals surface area (Å²) in [5.41, 5.74) is 5.39. The monoisotopic (exact) mass is 390 g/mol. The molecule has 0 saturated carbocycles. The van der Waals surface area contributed by atoms with Crippen LogP contribution in [0.4, 0.5) is 0 Å². The molecule has 0 saturated heterocycles. The third kappa shape index (κ3) is 5.51. The van der Waals surface area contributed by atoms with Gasteiger partial charge in [-0.1, -0.05) is 50.2 Å². The molecule has 0 N–H and O–H groups in total. The molecule has 1 unspecified atom stereocenters. The highest BCUT2D eigenvalue weighted by Crippen LogP contribution is 2.21. The molecule has 3 nitrogen and oxygen atoms in total. The van der Waals surface area contributed by atoms with Crippen molar-refractivity contribution in [1.82, 2.24) is 9.47 Å². The fraction of sp³-hybridized carbons (Fsp3) is 0.385. The Morgan fingerprint density at radius 1 is 0.897 bits per heavy atom. The van der Waals surface area contributed by atoms with Gasteiger partial charge in [-0.3, -0.25) is 4.90 Å². The number of nitrogens with zero attached hydrogens (tertiary/aromatic N) is 2. The van der Waals surface area contributed by atoms with Crippen molar-refractivity contribution in [3.8, 4) is 5.75 Å². The Bertz CT molecular complexity index is 895. The van der Waals surface area contributed by atoms with E-state index in [-0.39, 0.29) is 0 Å². The van der Waals surface area contributed by atoms with Gasteiger partial charge < -0.3 is 9.30 Å². The van der Waals surface area contributed by atoms with E-state index in [4.69, 9.17) is 4.74 Å². The van der Waals surface area contributed by atoms with Crippen LogP contribution in [0.5, 0.6) is 5.75 Å². The van der Waals surface area contributed by atoms with E-state index in [1.54, 1.807) is 7.11 Å². The zero-order valence-electron chi connectivity index (χ0n) is 18.4. The molecule has 0 aliphatic rings. The van der Waals surface area contributed by atoms with Crippen LogP contribution < -0.4 is 4.74 Å². The maximum atomic E-state index is 5.31. The number of aromatic nitrogens is 1. The lowest BCUT2D eigenvalue weighted by atomic mass is 10.0. The standard InChI is InChI=1S/C26H34N2O/c1-20(2)22(4)28(17-23-12-14-26(29-5)15-13-23)19-25-11-8-16-27(25)18-24-10-7-6-9-21(24)3/h6-16,20,22H,17-19H2,1-5H3. The molecule has 0 radical (unpaired) electrons. The molecule has 0 spiro atoms. The summed E-state index contributed by atoms with van der Waals surface area (Å²) in [6.45, 7) is 11.9. The zero-order valence-corrected chi connectivity index (χ0v) is 18.4. The molecule has 0 bridgehead atoms. The van der Waals surface area contributed by atoms with Gasteiger partial charge in [-0.15, -0.1) is 0 Å². The number of rotatable bonds is 9. The van der Waals surface area contributed by atoms with Gasteiger partial charge in [-0.25, -0.2) is 0 Å². The molecule has 3 rings (SSSR count). The van der Waals surface area contributed by atoms with E-state index >= 15 is 0 Å². The van der Waals surface area contributed by atoms with Crippen molar-refractivity contribution in [3.05, 3.63) is 89.2 Å². The maximum absolute atomic E-state index is 5.31. The highest BCUT2D eigenvalue weighted by atomic mass is 16.5. The van der Waals surface area contributed by atoms with E-state index in [0.29, 0.717) is 12.0 Å². The first kappa shape index (κ1) is 21.2. The Morgan fingerprint density at radius 3 is 2.28 bits per heavy atom. The van der Waals surface area contributed by atoms with E-state index in [2.05, 4.69) is 104 Å². The van der Waals surface area contributed by atoms with Crippen LogP contribution in [0.2, 0.25) is 0 Å². The first-order valence-corrected chi connectivity index (χ1v) is 10.5. The van der Waals surface area contributed by atoms with E-state index in [1.807, 2.05) is 0 Å². The second-order valence-corrected chi connectivity index (χ2v) is 8.29. The molecule has 2 aromatic carbocycles. The molecule has 154 valence electrons. The molecule has 3 heteroatoms. The SMILES string of the molecule is COc1ccc(CN(Cc2cccn2Cc2ccccc2C)C(C)C(C)C)cc1.